The highest BCUT2D eigenvalue weighted by Gasteiger charge is 2.37. The molecule has 5 heteroatoms. The number of alkyl halides is 2. The van der Waals surface area contributed by atoms with Gasteiger partial charge in [0.05, 0.1) is 12.1 Å². The molecule has 0 aliphatic heterocycles. The fourth-order valence-corrected chi connectivity index (χ4v) is 2.31. The van der Waals surface area contributed by atoms with Crippen molar-refractivity contribution in [2.45, 2.75) is 37.3 Å². The summed E-state index contributed by atoms with van der Waals surface area (Å²) in [6.45, 7) is -0.440. The summed E-state index contributed by atoms with van der Waals surface area (Å²) in [7, 11) is 0. The molecule has 1 saturated carbocycles. The number of ether oxygens (including phenoxy) is 1. The minimum absolute atomic E-state index is 0.0778. The first kappa shape index (κ1) is 15.4. The molecule has 2 N–H and O–H groups in total. The largest absolute Gasteiger partial charge is 0.394 e. The van der Waals surface area contributed by atoms with Crippen molar-refractivity contribution in [2.75, 3.05) is 19.8 Å². The molecule has 0 spiro atoms. The third-order valence-corrected chi connectivity index (χ3v) is 3.57. The Hall–Kier alpha value is -1.04. The molecule has 20 heavy (non-hydrogen) atoms. The Morgan fingerprint density at radius 3 is 2.55 bits per heavy atom. The van der Waals surface area contributed by atoms with Crippen LogP contribution in [0.2, 0.25) is 0 Å². The molecule has 0 aromatic heterocycles. The second kappa shape index (κ2) is 7.11. The van der Waals surface area contributed by atoms with Gasteiger partial charge in [-0.3, -0.25) is 0 Å². The Bertz CT molecular complexity index is 398. The van der Waals surface area contributed by atoms with E-state index in [0.29, 0.717) is 12.5 Å². The third kappa shape index (κ3) is 4.23. The first-order valence-electron chi connectivity index (χ1n) is 6.96. The van der Waals surface area contributed by atoms with Crippen molar-refractivity contribution < 1.29 is 18.6 Å². The SMILES string of the molecule is OCC(CCOCC(F)F)(NC1CC1)c1ccccc1. The second-order valence-electron chi connectivity index (χ2n) is 5.24. The zero-order chi connectivity index (χ0) is 14.4. The van der Waals surface area contributed by atoms with Crippen LogP contribution in [-0.4, -0.2) is 37.4 Å². The van der Waals surface area contributed by atoms with Gasteiger partial charge in [-0.25, -0.2) is 8.78 Å². The highest BCUT2D eigenvalue weighted by molar-refractivity contribution is 5.25. The predicted octanol–water partition coefficient (Wildman–Crippen LogP) is 2.30. The molecule has 3 nitrogen and oxygen atoms in total. The van der Waals surface area contributed by atoms with Crippen LogP contribution in [0, 0.1) is 0 Å². The summed E-state index contributed by atoms with van der Waals surface area (Å²) in [5, 5.41) is 13.3. The maximum absolute atomic E-state index is 12.1. The van der Waals surface area contributed by atoms with Crippen LogP contribution in [-0.2, 0) is 10.3 Å². The zero-order valence-electron chi connectivity index (χ0n) is 11.4. The molecule has 1 aliphatic rings. The summed E-state index contributed by atoms with van der Waals surface area (Å²) in [6, 6.07) is 10.0. The van der Waals surface area contributed by atoms with Crippen molar-refractivity contribution in [2.24, 2.45) is 0 Å². The maximum Gasteiger partial charge on any atom is 0.261 e. The van der Waals surface area contributed by atoms with Crippen molar-refractivity contribution in [3.63, 3.8) is 0 Å². The van der Waals surface area contributed by atoms with Gasteiger partial charge >= 0.3 is 0 Å². The van der Waals surface area contributed by atoms with Crippen LogP contribution < -0.4 is 5.32 Å². The Morgan fingerprint density at radius 2 is 2.00 bits per heavy atom. The lowest BCUT2D eigenvalue weighted by Crippen LogP contribution is -2.47. The molecular weight excluding hydrogens is 264 g/mol. The Morgan fingerprint density at radius 1 is 1.30 bits per heavy atom. The van der Waals surface area contributed by atoms with Gasteiger partial charge in [0.1, 0.15) is 6.61 Å². The van der Waals surface area contributed by atoms with E-state index in [1.165, 1.54) is 0 Å². The first-order chi connectivity index (χ1) is 9.66. The number of aliphatic hydroxyl groups is 1. The second-order valence-corrected chi connectivity index (χ2v) is 5.24. The standard InChI is InChI=1S/C15H21F2NO2/c16-14(17)10-20-9-8-15(11-19,18-13-6-7-13)12-4-2-1-3-5-12/h1-5,13-14,18-19H,6-11H2. The molecule has 1 unspecified atom stereocenters. The topological polar surface area (TPSA) is 41.5 Å². The fraction of sp³-hybridized carbons (Fsp3) is 0.600. The molecule has 0 radical (unpaired) electrons. The number of benzene rings is 1. The summed E-state index contributed by atoms with van der Waals surface area (Å²) >= 11 is 0. The van der Waals surface area contributed by atoms with Crippen LogP contribution in [0.4, 0.5) is 8.78 Å². The monoisotopic (exact) mass is 285 g/mol. The average molecular weight is 285 g/mol. The van der Waals surface area contributed by atoms with Gasteiger partial charge in [0.15, 0.2) is 0 Å². The zero-order valence-corrected chi connectivity index (χ0v) is 11.4. The van der Waals surface area contributed by atoms with Gasteiger partial charge in [-0.2, -0.15) is 0 Å². The van der Waals surface area contributed by atoms with Gasteiger partial charge in [-0.15, -0.1) is 0 Å². The van der Waals surface area contributed by atoms with Gasteiger partial charge in [0.2, 0.25) is 0 Å². The average Bonchev–Trinajstić information content (AvgIpc) is 3.27. The smallest absolute Gasteiger partial charge is 0.261 e. The van der Waals surface area contributed by atoms with E-state index < -0.39 is 18.6 Å². The van der Waals surface area contributed by atoms with Crippen molar-refractivity contribution in [1.82, 2.24) is 5.32 Å². The lowest BCUT2D eigenvalue weighted by molar-refractivity contribution is 0.00409. The van der Waals surface area contributed by atoms with Crippen LogP contribution in [0.15, 0.2) is 30.3 Å². The highest BCUT2D eigenvalue weighted by atomic mass is 19.3. The minimum atomic E-state index is -2.45. The van der Waals surface area contributed by atoms with Crippen molar-refractivity contribution >= 4 is 0 Å². The Labute approximate surface area is 117 Å². The molecule has 1 fully saturated rings. The van der Waals surface area contributed by atoms with Crippen LogP contribution in [0.5, 0.6) is 0 Å². The van der Waals surface area contributed by atoms with Gasteiger partial charge in [0, 0.05) is 12.6 Å². The summed E-state index contributed by atoms with van der Waals surface area (Å²) in [5.74, 6) is 0. The molecular formula is C15H21F2NO2. The van der Waals surface area contributed by atoms with Gasteiger partial charge in [0.25, 0.3) is 6.43 Å². The molecule has 0 amide bonds. The summed E-state index contributed by atoms with van der Waals surface area (Å²) in [6.07, 6.45) is 0.196. The minimum Gasteiger partial charge on any atom is -0.394 e. The Kier molecular flexibility index (Phi) is 5.46. The molecule has 1 aromatic carbocycles. The summed E-state index contributed by atoms with van der Waals surface area (Å²) in [4.78, 5) is 0. The quantitative estimate of drug-likeness (QED) is 0.684. The van der Waals surface area contributed by atoms with E-state index in [-0.39, 0.29) is 13.2 Å². The van der Waals surface area contributed by atoms with Crippen LogP contribution in [0.25, 0.3) is 0 Å². The molecule has 1 atom stereocenters. The van der Waals surface area contributed by atoms with E-state index in [1.54, 1.807) is 0 Å². The fourth-order valence-electron chi connectivity index (χ4n) is 2.31. The van der Waals surface area contributed by atoms with E-state index >= 15 is 0 Å². The molecule has 1 aromatic rings. The number of aliphatic hydroxyl groups excluding tert-OH is 1. The lowest BCUT2D eigenvalue weighted by atomic mass is 9.87. The van der Waals surface area contributed by atoms with Gasteiger partial charge < -0.3 is 15.2 Å². The number of rotatable bonds is 9. The van der Waals surface area contributed by atoms with Gasteiger partial charge in [-0.1, -0.05) is 30.3 Å². The molecule has 1 aliphatic carbocycles. The predicted molar refractivity (Wildman–Crippen MR) is 72.8 cm³/mol. The van der Waals surface area contributed by atoms with Crippen LogP contribution in [0.1, 0.15) is 24.8 Å². The number of hydrogen-bond donors (Lipinski definition) is 2. The molecule has 0 heterocycles. The van der Waals surface area contributed by atoms with E-state index in [4.69, 9.17) is 4.74 Å². The van der Waals surface area contributed by atoms with E-state index in [2.05, 4.69) is 5.32 Å². The van der Waals surface area contributed by atoms with Crippen LogP contribution >= 0.6 is 0 Å². The third-order valence-electron chi connectivity index (χ3n) is 3.57. The highest BCUT2D eigenvalue weighted by Crippen LogP contribution is 2.31. The van der Waals surface area contributed by atoms with Crippen molar-refractivity contribution in [3.05, 3.63) is 35.9 Å². The normalized spacial score (nSPS) is 18.2. The van der Waals surface area contributed by atoms with E-state index in [0.717, 1.165) is 18.4 Å². The van der Waals surface area contributed by atoms with E-state index in [1.807, 2.05) is 30.3 Å². The lowest BCUT2D eigenvalue weighted by Gasteiger charge is -2.34. The summed E-state index contributed by atoms with van der Waals surface area (Å²) < 4.78 is 29.2. The van der Waals surface area contributed by atoms with E-state index in [9.17, 15) is 13.9 Å². The Balaban J connectivity index is 2.02. The molecule has 112 valence electrons. The van der Waals surface area contributed by atoms with Crippen LogP contribution in [0.3, 0.4) is 0 Å². The van der Waals surface area contributed by atoms with Crippen molar-refractivity contribution in [3.8, 4) is 0 Å². The number of halogens is 2. The number of nitrogens with one attached hydrogen (secondary N) is 1. The maximum atomic E-state index is 12.1. The summed E-state index contributed by atoms with van der Waals surface area (Å²) in [5.41, 5.74) is 0.361. The first-order valence-corrected chi connectivity index (χ1v) is 6.96. The molecule has 2 rings (SSSR count). The molecule has 0 saturated heterocycles. The molecule has 0 bridgehead atoms. The van der Waals surface area contributed by atoms with Crippen molar-refractivity contribution in [1.29, 1.82) is 0 Å². The number of hydrogen-bond acceptors (Lipinski definition) is 3. The van der Waals surface area contributed by atoms with Gasteiger partial charge in [-0.05, 0) is 24.8 Å².